The van der Waals surface area contributed by atoms with Gasteiger partial charge in [-0.25, -0.2) is 9.18 Å². The van der Waals surface area contributed by atoms with Gasteiger partial charge in [-0.15, -0.1) is 0 Å². The molecule has 10 nitrogen and oxygen atoms in total. The quantitative estimate of drug-likeness (QED) is 0.211. The second-order valence-electron chi connectivity index (χ2n) is 7.44. The van der Waals surface area contributed by atoms with Crippen LogP contribution in [0.4, 0.5) is 10.1 Å². The molecule has 0 bridgehead atoms. The van der Waals surface area contributed by atoms with E-state index in [-0.39, 0.29) is 28.4 Å². The minimum absolute atomic E-state index is 0.0127. The number of carbonyl (C=O) groups excluding carboxylic acids is 3. The fourth-order valence-electron chi connectivity index (χ4n) is 3.75. The molecule has 0 atom stereocenters. The molecule has 4 aromatic rings. The van der Waals surface area contributed by atoms with Crippen molar-refractivity contribution >= 4 is 23.2 Å². The summed E-state index contributed by atoms with van der Waals surface area (Å²) in [5.74, 6) is -2.85. The molecular formula is C24H12FN3O7. The SMILES string of the molecule is O=C1c2ccccc2C(=O)c2c1ccc(C(=O)OCc1noc(-c3ccc(F)cc3)n1)c2[N+](=O)[O-]. The fourth-order valence-corrected chi connectivity index (χ4v) is 3.75. The summed E-state index contributed by atoms with van der Waals surface area (Å²) in [6.07, 6.45) is 0. The maximum atomic E-state index is 13.1. The van der Waals surface area contributed by atoms with Crippen molar-refractivity contribution in [3.63, 3.8) is 0 Å². The first-order valence-corrected chi connectivity index (χ1v) is 10.1. The molecule has 35 heavy (non-hydrogen) atoms. The van der Waals surface area contributed by atoms with E-state index in [4.69, 9.17) is 9.26 Å². The van der Waals surface area contributed by atoms with Gasteiger partial charge in [-0.2, -0.15) is 4.98 Å². The average molecular weight is 473 g/mol. The standard InChI is InChI=1S/C24H12FN3O7/c25-13-7-5-12(6-8-13)23-26-18(27-35-23)11-34-24(31)17-10-9-16-19(20(17)28(32)33)22(30)15-4-2-1-3-14(15)21(16)29/h1-10H,11H2. The van der Waals surface area contributed by atoms with E-state index < -0.39 is 51.7 Å². The predicted octanol–water partition coefficient (Wildman–Crippen LogP) is 3.92. The van der Waals surface area contributed by atoms with Gasteiger partial charge in [0.25, 0.3) is 11.6 Å². The smallest absolute Gasteiger partial charge is 0.345 e. The lowest BCUT2D eigenvalue weighted by atomic mass is 9.82. The highest BCUT2D eigenvalue weighted by Crippen LogP contribution is 2.35. The molecule has 0 unspecified atom stereocenters. The zero-order valence-electron chi connectivity index (χ0n) is 17.6. The molecule has 5 rings (SSSR count). The van der Waals surface area contributed by atoms with E-state index in [1.54, 1.807) is 6.07 Å². The molecule has 0 radical (unpaired) electrons. The van der Waals surface area contributed by atoms with Gasteiger partial charge in [0.15, 0.2) is 12.4 Å². The van der Waals surface area contributed by atoms with Crippen molar-refractivity contribution in [1.82, 2.24) is 10.1 Å². The number of aromatic nitrogens is 2. The van der Waals surface area contributed by atoms with Crippen LogP contribution in [0.15, 0.2) is 65.2 Å². The lowest BCUT2D eigenvalue weighted by molar-refractivity contribution is -0.385. The number of halogens is 1. The lowest BCUT2D eigenvalue weighted by Gasteiger charge is -2.18. The Hall–Kier alpha value is -5.06. The zero-order valence-corrected chi connectivity index (χ0v) is 17.6. The van der Waals surface area contributed by atoms with Gasteiger partial charge in [0.2, 0.25) is 11.6 Å². The van der Waals surface area contributed by atoms with Crippen LogP contribution in [-0.4, -0.2) is 32.6 Å². The van der Waals surface area contributed by atoms with Gasteiger partial charge in [0, 0.05) is 22.3 Å². The molecule has 0 fully saturated rings. The number of carbonyl (C=O) groups is 3. The molecule has 0 spiro atoms. The van der Waals surface area contributed by atoms with E-state index >= 15 is 0 Å². The Morgan fingerprint density at radius 2 is 1.66 bits per heavy atom. The molecule has 3 aromatic carbocycles. The third-order valence-corrected chi connectivity index (χ3v) is 5.36. The van der Waals surface area contributed by atoms with Gasteiger partial charge in [-0.3, -0.25) is 19.7 Å². The van der Waals surface area contributed by atoms with Gasteiger partial charge in [-0.05, 0) is 36.4 Å². The summed E-state index contributed by atoms with van der Waals surface area (Å²) >= 11 is 0. The summed E-state index contributed by atoms with van der Waals surface area (Å²) in [7, 11) is 0. The highest BCUT2D eigenvalue weighted by atomic mass is 19.1. The van der Waals surface area contributed by atoms with Crippen LogP contribution in [0.1, 0.15) is 48.0 Å². The summed E-state index contributed by atoms with van der Waals surface area (Å²) < 4.78 is 23.3. The van der Waals surface area contributed by atoms with Crippen molar-refractivity contribution in [1.29, 1.82) is 0 Å². The summed E-state index contributed by atoms with van der Waals surface area (Å²) in [4.78, 5) is 53.6. The summed E-state index contributed by atoms with van der Waals surface area (Å²) in [5, 5.41) is 15.6. The molecule has 1 aliphatic rings. The van der Waals surface area contributed by atoms with E-state index in [0.717, 1.165) is 6.07 Å². The van der Waals surface area contributed by atoms with Crippen LogP contribution >= 0.6 is 0 Å². The number of nitrogens with zero attached hydrogens (tertiary/aromatic N) is 3. The second kappa shape index (κ2) is 8.37. The highest BCUT2D eigenvalue weighted by molar-refractivity contribution is 6.30. The number of nitro benzene ring substituents is 1. The molecule has 1 aromatic heterocycles. The van der Waals surface area contributed by atoms with Gasteiger partial charge in [0.1, 0.15) is 16.9 Å². The minimum Gasteiger partial charge on any atom is -0.454 e. The molecule has 0 aliphatic heterocycles. The molecule has 0 saturated carbocycles. The van der Waals surface area contributed by atoms with E-state index in [9.17, 15) is 28.9 Å². The van der Waals surface area contributed by atoms with Crippen LogP contribution in [-0.2, 0) is 11.3 Å². The maximum Gasteiger partial charge on any atom is 0.345 e. The van der Waals surface area contributed by atoms with Crippen molar-refractivity contribution in [3.05, 3.63) is 110 Å². The number of hydrogen-bond acceptors (Lipinski definition) is 9. The Morgan fingerprint density at radius 3 is 2.34 bits per heavy atom. The Labute approximate surface area is 195 Å². The monoisotopic (exact) mass is 473 g/mol. The molecule has 0 amide bonds. The number of benzene rings is 3. The fraction of sp³-hybridized carbons (Fsp3) is 0.0417. The largest absolute Gasteiger partial charge is 0.454 e. The van der Waals surface area contributed by atoms with E-state index in [1.165, 1.54) is 48.5 Å². The molecule has 1 heterocycles. The number of esters is 1. The maximum absolute atomic E-state index is 13.1. The van der Waals surface area contributed by atoms with E-state index in [1.807, 2.05) is 0 Å². The normalized spacial score (nSPS) is 12.1. The number of ketones is 2. The van der Waals surface area contributed by atoms with Crippen LogP contribution < -0.4 is 0 Å². The van der Waals surface area contributed by atoms with Crippen LogP contribution in [0.3, 0.4) is 0 Å². The summed E-state index contributed by atoms with van der Waals surface area (Å²) in [6, 6.07) is 13.5. The molecular weight excluding hydrogens is 461 g/mol. The number of nitro groups is 1. The Bertz CT molecular complexity index is 1540. The van der Waals surface area contributed by atoms with E-state index in [0.29, 0.717) is 5.56 Å². The van der Waals surface area contributed by atoms with Crippen molar-refractivity contribution < 1.29 is 33.0 Å². The molecule has 172 valence electrons. The van der Waals surface area contributed by atoms with Crippen LogP contribution in [0.5, 0.6) is 0 Å². The van der Waals surface area contributed by atoms with Crippen molar-refractivity contribution in [2.75, 3.05) is 0 Å². The topological polar surface area (TPSA) is 142 Å². The Balaban J connectivity index is 1.43. The summed E-state index contributed by atoms with van der Waals surface area (Å²) in [5.41, 5.74) is -1.38. The number of fused-ring (bicyclic) bond motifs is 2. The van der Waals surface area contributed by atoms with Gasteiger partial charge in [-0.1, -0.05) is 29.4 Å². The number of rotatable bonds is 5. The Kier molecular flexibility index (Phi) is 5.21. The van der Waals surface area contributed by atoms with Crippen molar-refractivity contribution in [2.45, 2.75) is 6.61 Å². The van der Waals surface area contributed by atoms with Gasteiger partial charge in [0.05, 0.1) is 4.92 Å². The third kappa shape index (κ3) is 3.74. The molecule has 11 heteroatoms. The third-order valence-electron chi connectivity index (χ3n) is 5.36. The first kappa shape index (κ1) is 21.8. The molecule has 0 N–H and O–H groups in total. The van der Waals surface area contributed by atoms with Crippen molar-refractivity contribution in [3.8, 4) is 11.5 Å². The minimum atomic E-state index is -1.12. The van der Waals surface area contributed by atoms with Crippen LogP contribution in [0, 0.1) is 15.9 Å². The predicted molar refractivity (Wildman–Crippen MR) is 115 cm³/mol. The average Bonchev–Trinajstić information content (AvgIpc) is 3.34. The second-order valence-corrected chi connectivity index (χ2v) is 7.44. The number of ether oxygens (including phenoxy) is 1. The van der Waals surface area contributed by atoms with Crippen LogP contribution in [0.25, 0.3) is 11.5 Å². The first-order chi connectivity index (χ1) is 16.8. The number of hydrogen-bond donors (Lipinski definition) is 0. The van der Waals surface area contributed by atoms with Gasteiger partial charge >= 0.3 is 5.97 Å². The summed E-state index contributed by atoms with van der Waals surface area (Å²) in [6.45, 7) is -0.493. The van der Waals surface area contributed by atoms with Crippen molar-refractivity contribution in [2.24, 2.45) is 0 Å². The zero-order chi connectivity index (χ0) is 24.7. The first-order valence-electron chi connectivity index (χ1n) is 10.1. The Morgan fingerprint density at radius 1 is 0.971 bits per heavy atom. The highest BCUT2D eigenvalue weighted by Gasteiger charge is 2.39. The molecule has 0 saturated heterocycles. The van der Waals surface area contributed by atoms with Crippen LogP contribution in [0.2, 0.25) is 0 Å². The lowest BCUT2D eigenvalue weighted by Crippen LogP contribution is -2.23. The van der Waals surface area contributed by atoms with Gasteiger partial charge < -0.3 is 9.26 Å². The van der Waals surface area contributed by atoms with E-state index in [2.05, 4.69) is 10.1 Å². The molecule has 1 aliphatic carbocycles.